The van der Waals surface area contributed by atoms with E-state index in [-0.39, 0.29) is 11.5 Å². The molecule has 1 amide bonds. The minimum atomic E-state index is -0.309. The first kappa shape index (κ1) is 13.4. The lowest BCUT2D eigenvalue weighted by atomic mass is 10.1. The van der Waals surface area contributed by atoms with E-state index in [9.17, 15) is 9.59 Å². The number of pyridine rings is 1. The maximum absolute atomic E-state index is 11.9. The molecule has 1 aromatic heterocycles. The second-order valence-electron chi connectivity index (χ2n) is 4.03. The number of aryl methyl sites for hydroxylation is 1. The molecule has 0 unspecified atom stereocenters. The number of alkyl halides is 1. The number of carbonyl (C=O) groups is 1. The van der Waals surface area contributed by atoms with Crippen molar-refractivity contribution in [2.75, 3.05) is 11.2 Å². The zero-order valence-corrected chi connectivity index (χ0v) is 10.9. The fraction of sp³-hybridized carbons (Fsp3) is 0.143. The smallest absolute Gasteiger partial charge is 0.255 e. The molecule has 19 heavy (non-hydrogen) atoms. The van der Waals surface area contributed by atoms with Gasteiger partial charge in [0.1, 0.15) is 0 Å². The predicted octanol–water partition coefficient (Wildman–Crippen LogP) is 2.41. The van der Waals surface area contributed by atoms with Gasteiger partial charge in [0.15, 0.2) is 0 Å². The van der Waals surface area contributed by atoms with Crippen LogP contribution in [0.15, 0.2) is 47.4 Å². The van der Waals surface area contributed by atoms with E-state index in [1.807, 2.05) is 24.3 Å². The lowest BCUT2D eigenvalue weighted by Gasteiger charge is -2.05. The minimum absolute atomic E-state index is 0.301. The van der Waals surface area contributed by atoms with Crippen LogP contribution in [-0.2, 0) is 6.42 Å². The molecule has 2 rings (SSSR count). The van der Waals surface area contributed by atoms with Crippen molar-refractivity contribution in [3.63, 3.8) is 0 Å². The van der Waals surface area contributed by atoms with Crippen LogP contribution in [0.1, 0.15) is 15.9 Å². The van der Waals surface area contributed by atoms with Gasteiger partial charge in [0.2, 0.25) is 5.56 Å². The molecule has 0 radical (unpaired) electrons. The average molecular weight is 277 g/mol. The molecule has 0 fully saturated rings. The van der Waals surface area contributed by atoms with Crippen LogP contribution in [0.2, 0.25) is 0 Å². The highest BCUT2D eigenvalue weighted by atomic mass is 35.5. The summed E-state index contributed by atoms with van der Waals surface area (Å²) >= 11 is 5.65. The normalized spacial score (nSPS) is 10.2. The summed E-state index contributed by atoms with van der Waals surface area (Å²) in [6, 6.07) is 10.3. The first-order valence-corrected chi connectivity index (χ1v) is 6.37. The molecule has 0 aliphatic rings. The quantitative estimate of drug-likeness (QED) is 0.843. The molecule has 5 heteroatoms. The number of benzene rings is 1. The Kier molecular flexibility index (Phi) is 4.36. The standard InChI is InChI=1S/C14H13ClN2O2/c15-7-5-10-1-3-12(4-2-10)17-14(19)11-6-8-16-13(18)9-11/h1-4,6,8-9H,5,7H2,(H,16,18)(H,17,19). The number of hydrogen-bond acceptors (Lipinski definition) is 2. The van der Waals surface area contributed by atoms with Crippen LogP contribution >= 0.6 is 11.6 Å². The molecule has 4 nitrogen and oxygen atoms in total. The first-order chi connectivity index (χ1) is 9.19. The Bertz CT molecular complexity index is 620. The van der Waals surface area contributed by atoms with Crippen LogP contribution in [0.5, 0.6) is 0 Å². The molecule has 2 aromatic rings. The van der Waals surface area contributed by atoms with Gasteiger partial charge in [0.25, 0.3) is 5.91 Å². The first-order valence-electron chi connectivity index (χ1n) is 5.84. The number of H-pyrrole nitrogens is 1. The van der Waals surface area contributed by atoms with Gasteiger partial charge in [-0.2, -0.15) is 0 Å². The van der Waals surface area contributed by atoms with Crippen molar-refractivity contribution < 1.29 is 4.79 Å². The number of aromatic nitrogens is 1. The molecule has 0 aliphatic carbocycles. The van der Waals surface area contributed by atoms with Gasteiger partial charge >= 0.3 is 0 Å². The molecule has 98 valence electrons. The Morgan fingerprint density at radius 2 is 1.95 bits per heavy atom. The van der Waals surface area contributed by atoms with Crippen LogP contribution in [-0.4, -0.2) is 16.8 Å². The number of aromatic amines is 1. The molecule has 0 spiro atoms. The number of anilines is 1. The average Bonchev–Trinajstić information content (AvgIpc) is 2.41. The molecule has 0 atom stereocenters. The summed E-state index contributed by atoms with van der Waals surface area (Å²) in [5, 5.41) is 2.73. The van der Waals surface area contributed by atoms with Gasteiger partial charge in [-0.05, 0) is 30.2 Å². The van der Waals surface area contributed by atoms with Gasteiger partial charge in [-0.25, -0.2) is 0 Å². The van der Waals surface area contributed by atoms with Gasteiger partial charge in [-0.3, -0.25) is 9.59 Å². The van der Waals surface area contributed by atoms with Crippen molar-refractivity contribution in [2.24, 2.45) is 0 Å². The maximum Gasteiger partial charge on any atom is 0.255 e. The van der Waals surface area contributed by atoms with Crippen molar-refractivity contribution in [1.29, 1.82) is 0 Å². The summed E-state index contributed by atoms with van der Waals surface area (Å²) in [5.41, 5.74) is 1.83. The molecule has 0 saturated carbocycles. The summed E-state index contributed by atoms with van der Waals surface area (Å²) in [7, 11) is 0. The number of rotatable bonds is 4. The molecule has 1 heterocycles. The molecule has 1 aromatic carbocycles. The van der Waals surface area contributed by atoms with Crippen molar-refractivity contribution in [3.8, 4) is 0 Å². The predicted molar refractivity (Wildman–Crippen MR) is 75.9 cm³/mol. The topological polar surface area (TPSA) is 62.0 Å². The number of amides is 1. The molecule has 0 saturated heterocycles. The lowest BCUT2D eigenvalue weighted by molar-refractivity contribution is 0.102. The summed E-state index contributed by atoms with van der Waals surface area (Å²) in [5.74, 6) is 0.259. The van der Waals surface area contributed by atoms with E-state index in [1.54, 1.807) is 6.07 Å². The highest BCUT2D eigenvalue weighted by Crippen LogP contribution is 2.11. The van der Waals surface area contributed by atoms with E-state index in [4.69, 9.17) is 11.6 Å². The van der Waals surface area contributed by atoms with Crippen LogP contribution in [0.3, 0.4) is 0 Å². The Hall–Kier alpha value is -2.07. The van der Waals surface area contributed by atoms with Crippen LogP contribution in [0.25, 0.3) is 0 Å². The van der Waals surface area contributed by atoms with E-state index in [2.05, 4.69) is 10.3 Å². The summed E-state index contributed by atoms with van der Waals surface area (Å²) in [6.45, 7) is 0. The summed E-state index contributed by atoms with van der Waals surface area (Å²) in [4.78, 5) is 25.5. The second kappa shape index (κ2) is 6.20. The largest absolute Gasteiger partial charge is 0.329 e. The van der Waals surface area contributed by atoms with Gasteiger partial charge in [0, 0.05) is 29.4 Å². The summed E-state index contributed by atoms with van der Waals surface area (Å²) < 4.78 is 0. The van der Waals surface area contributed by atoms with Crippen molar-refractivity contribution in [3.05, 3.63) is 64.1 Å². The Balaban J connectivity index is 2.08. The molecule has 0 bridgehead atoms. The van der Waals surface area contributed by atoms with Gasteiger partial charge in [0.05, 0.1) is 0 Å². The molecule has 2 N–H and O–H groups in total. The second-order valence-corrected chi connectivity index (χ2v) is 4.41. The van der Waals surface area contributed by atoms with Crippen LogP contribution in [0, 0.1) is 0 Å². The monoisotopic (exact) mass is 276 g/mol. The van der Waals surface area contributed by atoms with Gasteiger partial charge in [-0.15, -0.1) is 11.6 Å². The third-order valence-corrected chi connectivity index (χ3v) is 2.82. The number of hydrogen-bond donors (Lipinski definition) is 2. The zero-order chi connectivity index (χ0) is 13.7. The number of carbonyl (C=O) groups excluding carboxylic acids is 1. The number of nitrogens with one attached hydrogen (secondary N) is 2. The lowest BCUT2D eigenvalue weighted by Crippen LogP contribution is -2.15. The Labute approximate surface area is 115 Å². The third-order valence-electron chi connectivity index (χ3n) is 2.63. The molecule has 0 aliphatic heterocycles. The highest BCUT2D eigenvalue weighted by molar-refractivity contribution is 6.18. The maximum atomic E-state index is 11.9. The van der Waals surface area contributed by atoms with E-state index in [0.29, 0.717) is 17.1 Å². The van der Waals surface area contributed by atoms with Crippen molar-refractivity contribution in [1.82, 2.24) is 4.98 Å². The van der Waals surface area contributed by atoms with Crippen molar-refractivity contribution >= 4 is 23.2 Å². The van der Waals surface area contributed by atoms with Crippen LogP contribution < -0.4 is 10.9 Å². The fourth-order valence-electron chi connectivity index (χ4n) is 1.65. The third kappa shape index (κ3) is 3.69. The van der Waals surface area contributed by atoms with Gasteiger partial charge < -0.3 is 10.3 Å². The zero-order valence-electron chi connectivity index (χ0n) is 10.2. The molecular formula is C14H13ClN2O2. The molecular weight excluding hydrogens is 264 g/mol. The Morgan fingerprint density at radius 3 is 2.58 bits per heavy atom. The minimum Gasteiger partial charge on any atom is -0.329 e. The van der Waals surface area contributed by atoms with E-state index < -0.39 is 0 Å². The fourth-order valence-corrected chi connectivity index (χ4v) is 1.87. The summed E-state index contributed by atoms with van der Waals surface area (Å²) in [6.07, 6.45) is 2.24. The van der Waals surface area contributed by atoms with Gasteiger partial charge in [-0.1, -0.05) is 12.1 Å². The highest BCUT2D eigenvalue weighted by Gasteiger charge is 2.06. The van der Waals surface area contributed by atoms with E-state index in [1.165, 1.54) is 12.3 Å². The van der Waals surface area contributed by atoms with E-state index >= 15 is 0 Å². The van der Waals surface area contributed by atoms with Crippen LogP contribution in [0.4, 0.5) is 5.69 Å². The SMILES string of the molecule is O=C(Nc1ccc(CCCl)cc1)c1cc[nH]c(=O)c1. The van der Waals surface area contributed by atoms with E-state index in [0.717, 1.165) is 12.0 Å². The van der Waals surface area contributed by atoms with Crippen molar-refractivity contribution in [2.45, 2.75) is 6.42 Å². The number of halogens is 1. The Morgan fingerprint density at radius 1 is 1.21 bits per heavy atom.